The molecule has 0 fully saturated rings. The summed E-state index contributed by atoms with van der Waals surface area (Å²) >= 11 is 0. The summed E-state index contributed by atoms with van der Waals surface area (Å²) < 4.78 is 0. The van der Waals surface area contributed by atoms with Crippen LogP contribution in [0, 0.1) is 0 Å². The molecular weight excluding hydrogens is 583 g/mol. The smallest absolute Gasteiger partial charge is 0 e. The third-order valence-corrected chi connectivity index (χ3v) is 10.1. The second kappa shape index (κ2) is 13.9. The summed E-state index contributed by atoms with van der Waals surface area (Å²) in [6.07, 6.45) is 6.92. The number of hydrogen-bond acceptors (Lipinski definition) is 0. The van der Waals surface area contributed by atoms with Crippen LogP contribution in [0.3, 0.4) is 0 Å². The summed E-state index contributed by atoms with van der Waals surface area (Å²) in [6, 6.07) is 27.9. The Labute approximate surface area is 311 Å². The molecule has 253 valence electrons. The zero-order valence-electron chi connectivity index (χ0n) is 33.5. The van der Waals surface area contributed by atoms with Gasteiger partial charge in [0.2, 0.25) is 0 Å². The van der Waals surface area contributed by atoms with Crippen LogP contribution < -0.4 is 0 Å². The van der Waals surface area contributed by atoms with Gasteiger partial charge in [-0.25, -0.2) is 0 Å². The van der Waals surface area contributed by atoms with Crippen LogP contribution in [0.2, 0.25) is 0 Å². The first-order chi connectivity index (χ1) is 22.1. The molecule has 0 heterocycles. The maximum absolute atomic E-state index is 2.40. The Hall–Kier alpha value is -3.04. The van der Waals surface area contributed by atoms with Gasteiger partial charge in [-0.15, -0.1) is 0 Å². The molecule has 0 nitrogen and oxygen atoms in total. The molecule has 0 aliphatic heterocycles. The van der Waals surface area contributed by atoms with Crippen LogP contribution in [0.15, 0.2) is 83.9 Å². The maximum Gasteiger partial charge on any atom is 0 e. The average molecular weight is 644 g/mol. The van der Waals surface area contributed by atoms with Crippen molar-refractivity contribution >= 4 is 31.0 Å². The van der Waals surface area contributed by atoms with E-state index in [9.17, 15) is 0 Å². The Morgan fingerprint density at radius 1 is 0.408 bits per heavy atom. The van der Waals surface area contributed by atoms with E-state index in [-0.39, 0.29) is 40.5 Å². The van der Waals surface area contributed by atoms with Crippen LogP contribution in [-0.4, -0.2) is 18.9 Å². The predicted molar refractivity (Wildman–Crippen MR) is 219 cm³/mol. The molecule has 6 rings (SSSR count). The van der Waals surface area contributed by atoms with E-state index in [1.807, 2.05) is 0 Å². The summed E-state index contributed by atoms with van der Waals surface area (Å²) in [5, 5.41) is 0. The molecule has 0 saturated heterocycles. The van der Waals surface area contributed by atoms with Crippen LogP contribution >= 0.6 is 0 Å². The maximum atomic E-state index is 2.40. The topological polar surface area (TPSA) is 0 Å². The molecule has 4 aromatic carbocycles. The number of allylic oxidation sites excluding steroid dienone is 2. The van der Waals surface area contributed by atoms with Gasteiger partial charge in [0.1, 0.15) is 0 Å². The number of rotatable bonds is 2. The Kier molecular flexibility index (Phi) is 11.0. The van der Waals surface area contributed by atoms with E-state index >= 15 is 0 Å². The van der Waals surface area contributed by atoms with E-state index < -0.39 is 0 Å². The van der Waals surface area contributed by atoms with Crippen molar-refractivity contribution in [2.24, 2.45) is 0 Å². The van der Waals surface area contributed by atoms with E-state index in [0.29, 0.717) is 0 Å². The van der Waals surface area contributed by atoms with E-state index in [4.69, 9.17) is 0 Å². The molecule has 1 heteroatoms. The van der Waals surface area contributed by atoms with E-state index in [1.54, 1.807) is 0 Å². The summed E-state index contributed by atoms with van der Waals surface area (Å²) in [4.78, 5) is 0. The van der Waals surface area contributed by atoms with E-state index in [2.05, 4.69) is 182 Å². The fourth-order valence-electron chi connectivity index (χ4n) is 6.87. The van der Waals surface area contributed by atoms with Crippen LogP contribution in [0.5, 0.6) is 0 Å². The molecule has 0 spiro atoms. The van der Waals surface area contributed by atoms with Crippen LogP contribution in [0.4, 0.5) is 0 Å². The van der Waals surface area contributed by atoms with Gasteiger partial charge in [-0.05, 0) is 115 Å². The van der Waals surface area contributed by atoms with Crippen molar-refractivity contribution in [3.63, 3.8) is 0 Å². The summed E-state index contributed by atoms with van der Waals surface area (Å²) in [6.45, 7) is 32.1. The first-order valence-electron chi connectivity index (χ1n) is 18.0. The fraction of sp³-hybridized carbons (Fsp3) is 0.417. The van der Waals surface area contributed by atoms with Crippen molar-refractivity contribution in [3.8, 4) is 22.3 Å². The Balaban J connectivity index is 0.000000216. The molecule has 0 amide bonds. The SMILES string of the molecule is CC1=Cc2c(cccc2-c2cc(C(C)(C)C)cc(C(C)(C)C)c2)C1.CC1=Cc2c(cccc2-c2cc(C(C)(C)C)cc(C(C)(C)C)c2)C1.[Li]. The van der Waals surface area contributed by atoms with E-state index in [0.717, 1.165) is 12.8 Å². The molecule has 0 unspecified atom stereocenters. The Morgan fingerprint density at radius 3 is 0.959 bits per heavy atom. The Morgan fingerprint density at radius 2 is 0.694 bits per heavy atom. The molecular formula is C48H60Li. The zero-order chi connectivity index (χ0) is 35.4. The second-order valence-corrected chi connectivity index (χ2v) is 18.7. The minimum absolute atomic E-state index is 0. The quantitative estimate of drug-likeness (QED) is 0.191. The van der Waals surface area contributed by atoms with Crippen LogP contribution in [-0.2, 0) is 34.5 Å². The zero-order valence-corrected chi connectivity index (χ0v) is 33.5. The van der Waals surface area contributed by atoms with Gasteiger partial charge < -0.3 is 0 Å². The average Bonchev–Trinajstić information content (AvgIpc) is 3.55. The minimum atomic E-state index is 0. The van der Waals surface area contributed by atoms with Crippen molar-refractivity contribution < 1.29 is 0 Å². The van der Waals surface area contributed by atoms with Crippen molar-refractivity contribution in [1.29, 1.82) is 0 Å². The minimum Gasteiger partial charge on any atom is -0.0683 e. The normalized spacial score (nSPS) is 14.2. The van der Waals surface area contributed by atoms with Gasteiger partial charge >= 0.3 is 0 Å². The van der Waals surface area contributed by atoms with Gasteiger partial charge in [0, 0.05) is 18.9 Å². The molecule has 0 N–H and O–H groups in total. The predicted octanol–water partition coefficient (Wildman–Crippen LogP) is 13.4. The van der Waals surface area contributed by atoms with Crippen molar-refractivity contribution in [1.82, 2.24) is 0 Å². The summed E-state index contributed by atoms with van der Waals surface area (Å²) in [5.41, 5.74) is 20.4. The van der Waals surface area contributed by atoms with Crippen LogP contribution in [0.1, 0.15) is 141 Å². The Bertz CT molecular complexity index is 1690. The first-order valence-corrected chi connectivity index (χ1v) is 18.0. The molecule has 2 aliphatic rings. The molecule has 2 aliphatic carbocycles. The monoisotopic (exact) mass is 643 g/mol. The van der Waals surface area contributed by atoms with Gasteiger partial charge in [-0.1, -0.05) is 179 Å². The fourth-order valence-corrected chi connectivity index (χ4v) is 6.87. The van der Waals surface area contributed by atoms with Gasteiger partial charge in [-0.2, -0.15) is 0 Å². The number of hydrogen-bond donors (Lipinski definition) is 0. The number of fused-ring (bicyclic) bond motifs is 2. The molecule has 1 radical (unpaired) electrons. The van der Waals surface area contributed by atoms with Gasteiger partial charge in [0.05, 0.1) is 0 Å². The largest absolute Gasteiger partial charge is 0.0683 e. The van der Waals surface area contributed by atoms with E-state index in [1.165, 1.54) is 77.9 Å². The van der Waals surface area contributed by atoms with Gasteiger partial charge in [0.15, 0.2) is 0 Å². The standard InChI is InChI=1S/2C24H30.Li/c2*1-16-11-17-9-8-10-21(22(17)12-16)18-13-19(23(2,3)4)15-20(14-18)24(5,6)7;/h2*8-10,12-15H,11H2,1-7H3;. The van der Waals surface area contributed by atoms with Crippen molar-refractivity contribution in [3.05, 3.63) is 128 Å². The summed E-state index contributed by atoms with van der Waals surface area (Å²) in [7, 11) is 0. The second-order valence-electron chi connectivity index (χ2n) is 18.7. The molecule has 0 aromatic heterocycles. The van der Waals surface area contributed by atoms with Crippen molar-refractivity contribution in [2.75, 3.05) is 0 Å². The van der Waals surface area contributed by atoms with Gasteiger partial charge in [-0.3, -0.25) is 0 Å². The molecule has 49 heavy (non-hydrogen) atoms. The van der Waals surface area contributed by atoms with Crippen LogP contribution in [0.25, 0.3) is 34.4 Å². The summed E-state index contributed by atoms with van der Waals surface area (Å²) in [5.74, 6) is 0. The first kappa shape index (κ1) is 38.8. The van der Waals surface area contributed by atoms with Gasteiger partial charge in [0.25, 0.3) is 0 Å². The van der Waals surface area contributed by atoms with Crippen molar-refractivity contribution in [2.45, 2.75) is 131 Å². The third-order valence-electron chi connectivity index (χ3n) is 10.1. The molecule has 0 bridgehead atoms. The third kappa shape index (κ3) is 8.83. The molecule has 0 atom stereocenters. The molecule has 4 aromatic rings. The molecule has 0 saturated carbocycles. The number of benzene rings is 4.